The molecule has 0 radical (unpaired) electrons. The lowest BCUT2D eigenvalue weighted by atomic mass is 10.0. The Balaban J connectivity index is 1.41. The van der Waals surface area contributed by atoms with Crippen molar-refractivity contribution in [3.63, 3.8) is 0 Å². The largest absolute Gasteiger partial charge is 0.494 e. The highest BCUT2D eigenvalue weighted by atomic mass is 35.5. The summed E-state index contributed by atoms with van der Waals surface area (Å²) >= 11 is 6.14. The minimum Gasteiger partial charge on any atom is -0.494 e. The van der Waals surface area contributed by atoms with Gasteiger partial charge in [-0.05, 0) is 59.7 Å². The summed E-state index contributed by atoms with van der Waals surface area (Å²) in [6.45, 7) is 2.32. The second kappa shape index (κ2) is 13.2. The minimum atomic E-state index is -0.623. The molecule has 0 aromatic heterocycles. The first-order chi connectivity index (χ1) is 19.0. The molecule has 0 bridgehead atoms. The first-order valence-corrected chi connectivity index (χ1v) is 12.7. The molecule has 4 aromatic rings. The van der Waals surface area contributed by atoms with Crippen molar-refractivity contribution < 1.29 is 23.9 Å². The lowest BCUT2D eigenvalue weighted by Gasteiger charge is -2.11. The van der Waals surface area contributed by atoms with Crippen LogP contribution in [0.25, 0.3) is 10.8 Å². The number of hydrogen-bond donors (Lipinski definition) is 2. The second-order valence-corrected chi connectivity index (χ2v) is 8.82. The van der Waals surface area contributed by atoms with Gasteiger partial charge in [-0.2, -0.15) is 5.10 Å². The van der Waals surface area contributed by atoms with Gasteiger partial charge in [-0.3, -0.25) is 9.59 Å². The molecule has 0 heterocycles. The van der Waals surface area contributed by atoms with Crippen molar-refractivity contribution >= 4 is 46.4 Å². The number of hydrogen-bond acceptors (Lipinski definition) is 6. The van der Waals surface area contributed by atoms with Crippen molar-refractivity contribution in [3.05, 3.63) is 107 Å². The Labute approximate surface area is 230 Å². The Bertz CT molecular complexity index is 1520. The number of nitrogens with one attached hydrogen (secondary N) is 2. The van der Waals surface area contributed by atoms with E-state index in [0.29, 0.717) is 23.5 Å². The van der Waals surface area contributed by atoms with Crippen LogP contribution in [0.4, 0.5) is 0 Å². The number of esters is 1. The second-order valence-electron chi connectivity index (χ2n) is 8.42. The third-order valence-corrected chi connectivity index (χ3v) is 5.94. The van der Waals surface area contributed by atoms with Gasteiger partial charge < -0.3 is 14.8 Å². The number of hydrazone groups is 1. The van der Waals surface area contributed by atoms with Crippen molar-refractivity contribution in [2.75, 3.05) is 13.2 Å². The summed E-state index contributed by atoms with van der Waals surface area (Å²) in [5, 5.41) is 8.51. The average Bonchev–Trinajstić information content (AvgIpc) is 2.96. The Morgan fingerprint density at radius 3 is 2.44 bits per heavy atom. The summed E-state index contributed by atoms with van der Waals surface area (Å²) in [7, 11) is 0. The average molecular weight is 544 g/mol. The predicted octanol–water partition coefficient (Wildman–Crippen LogP) is 5.38. The molecular formula is C30H26ClN3O5. The van der Waals surface area contributed by atoms with E-state index in [2.05, 4.69) is 15.8 Å². The molecule has 198 valence electrons. The molecule has 4 rings (SSSR count). The van der Waals surface area contributed by atoms with E-state index in [9.17, 15) is 14.4 Å². The molecule has 0 aliphatic carbocycles. The highest BCUT2D eigenvalue weighted by Crippen LogP contribution is 2.28. The van der Waals surface area contributed by atoms with Crippen LogP contribution in [0, 0.1) is 0 Å². The lowest BCUT2D eigenvalue weighted by Crippen LogP contribution is -2.34. The monoisotopic (exact) mass is 543 g/mol. The lowest BCUT2D eigenvalue weighted by molar-refractivity contribution is -0.120. The van der Waals surface area contributed by atoms with Gasteiger partial charge >= 0.3 is 5.97 Å². The van der Waals surface area contributed by atoms with E-state index in [1.165, 1.54) is 6.21 Å². The van der Waals surface area contributed by atoms with Crippen LogP contribution in [-0.4, -0.2) is 37.1 Å². The van der Waals surface area contributed by atoms with Gasteiger partial charge in [0, 0.05) is 11.1 Å². The zero-order valence-corrected chi connectivity index (χ0v) is 21.9. The molecule has 39 heavy (non-hydrogen) atoms. The number of amides is 2. The Kier molecular flexibility index (Phi) is 9.26. The van der Waals surface area contributed by atoms with Gasteiger partial charge in [-0.1, -0.05) is 61.0 Å². The topological polar surface area (TPSA) is 106 Å². The fourth-order valence-electron chi connectivity index (χ4n) is 3.67. The summed E-state index contributed by atoms with van der Waals surface area (Å²) < 4.78 is 11.2. The van der Waals surface area contributed by atoms with Crippen LogP contribution in [0.5, 0.6) is 11.5 Å². The number of rotatable bonds is 10. The van der Waals surface area contributed by atoms with Crippen LogP contribution in [-0.2, 0) is 4.79 Å². The smallest absolute Gasteiger partial charge is 0.345 e. The molecule has 0 atom stereocenters. The van der Waals surface area contributed by atoms with E-state index in [4.69, 9.17) is 21.1 Å². The first kappa shape index (κ1) is 27.3. The van der Waals surface area contributed by atoms with Gasteiger partial charge in [-0.25, -0.2) is 10.2 Å². The van der Waals surface area contributed by atoms with Crippen LogP contribution in [0.15, 0.2) is 90.0 Å². The van der Waals surface area contributed by atoms with E-state index < -0.39 is 17.8 Å². The maximum Gasteiger partial charge on any atom is 0.345 e. The highest BCUT2D eigenvalue weighted by molar-refractivity contribution is 6.33. The molecule has 0 aliphatic heterocycles. The first-order valence-electron chi connectivity index (χ1n) is 12.3. The van der Waals surface area contributed by atoms with Crippen LogP contribution < -0.4 is 20.2 Å². The van der Waals surface area contributed by atoms with Crippen LogP contribution >= 0.6 is 11.6 Å². The Morgan fingerprint density at radius 1 is 0.923 bits per heavy atom. The molecule has 4 aromatic carbocycles. The normalized spacial score (nSPS) is 10.8. The van der Waals surface area contributed by atoms with E-state index >= 15 is 0 Å². The number of fused-ring (bicyclic) bond motifs is 1. The van der Waals surface area contributed by atoms with E-state index in [1.54, 1.807) is 54.6 Å². The Hall–Kier alpha value is -4.69. The zero-order chi connectivity index (χ0) is 27.6. The van der Waals surface area contributed by atoms with Crippen molar-refractivity contribution in [3.8, 4) is 11.5 Å². The van der Waals surface area contributed by atoms with E-state index in [1.807, 2.05) is 37.3 Å². The van der Waals surface area contributed by atoms with Gasteiger partial charge in [-0.15, -0.1) is 0 Å². The molecule has 9 heteroatoms. The van der Waals surface area contributed by atoms with Gasteiger partial charge in [0.1, 0.15) is 11.5 Å². The van der Waals surface area contributed by atoms with Gasteiger partial charge in [0.05, 0.1) is 30.0 Å². The molecule has 0 spiro atoms. The molecule has 2 amide bonds. The van der Waals surface area contributed by atoms with Gasteiger partial charge in [0.2, 0.25) is 0 Å². The summed E-state index contributed by atoms with van der Waals surface area (Å²) in [5.74, 6) is -0.638. The predicted molar refractivity (Wildman–Crippen MR) is 151 cm³/mol. The third-order valence-electron chi connectivity index (χ3n) is 5.61. The zero-order valence-electron chi connectivity index (χ0n) is 21.1. The highest BCUT2D eigenvalue weighted by Gasteiger charge is 2.16. The van der Waals surface area contributed by atoms with E-state index in [0.717, 1.165) is 17.2 Å². The number of nitrogens with zero attached hydrogens (tertiary/aromatic N) is 1. The standard InChI is InChI=1S/C30H26ClN3O5/c1-2-17-38-22-14-11-21(12-15-22)29(36)32-19-28(35)34-33-18-25-23-8-4-3-7-20(23)13-16-27(25)39-30(37)24-9-5-6-10-26(24)31/h3-16,18H,2,17,19H2,1H3,(H,32,36)(H,34,35)/b33-18+. The summed E-state index contributed by atoms with van der Waals surface area (Å²) in [6, 6.07) is 24.2. The quantitative estimate of drug-likeness (QED) is 0.121. The summed E-state index contributed by atoms with van der Waals surface area (Å²) in [4.78, 5) is 37.5. The molecular weight excluding hydrogens is 518 g/mol. The molecule has 0 fully saturated rings. The summed E-state index contributed by atoms with van der Waals surface area (Å²) in [5.41, 5.74) is 3.50. The number of ether oxygens (including phenoxy) is 2. The maximum atomic E-state index is 12.8. The van der Waals surface area contributed by atoms with Gasteiger partial charge in [0.15, 0.2) is 0 Å². The minimum absolute atomic E-state index is 0.224. The SMILES string of the molecule is CCCOc1ccc(C(=O)NCC(=O)N/N=C/c2c(OC(=O)c3ccccc3Cl)ccc3ccccc23)cc1. The molecule has 0 saturated carbocycles. The third kappa shape index (κ3) is 7.21. The van der Waals surface area contributed by atoms with Crippen molar-refractivity contribution in [2.45, 2.75) is 13.3 Å². The maximum absolute atomic E-state index is 12.8. The fourth-order valence-corrected chi connectivity index (χ4v) is 3.89. The van der Waals surface area contributed by atoms with Crippen molar-refractivity contribution in [2.24, 2.45) is 5.10 Å². The van der Waals surface area contributed by atoms with Crippen LogP contribution in [0.3, 0.4) is 0 Å². The van der Waals surface area contributed by atoms with Crippen molar-refractivity contribution in [1.29, 1.82) is 0 Å². The molecule has 0 saturated heterocycles. The molecule has 2 N–H and O–H groups in total. The van der Waals surface area contributed by atoms with Crippen LogP contribution in [0.1, 0.15) is 39.6 Å². The number of halogens is 1. The van der Waals surface area contributed by atoms with E-state index in [-0.39, 0.29) is 22.9 Å². The number of carbonyl (C=O) groups is 3. The fraction of sp³-hybridized carbons (Fsp3) is 0.133. The number of carbonyl (C=O) groups excluding carboxylic acids is 3. The molecule has 8 nitrogen and oxygen atoms in total. The Morgan fingerprint density at radius 2 is 1.67 bits per heavy atom. The van der Waals surface area contributed by atoms with Gasteiger partial charge in [0.25, 0.3) is 11.8 Å². The molecule has 0 aliphatic rings. The van der Waals surface area contributed by atoms with Crippen LogP contribution in [0.2, 0.25) is 5.02 Å². The van der Waals surface area contributed by atoms with Crippen molar-refractivity contribution in [1.82, 2.24) is 10.7 Å². The molecule has 0 unspecified atom stereocenters. The number of benzene rings is 4. The summed E-state index contributed by atoms with van der Waals surface area (Å²) in [6.07, 6.45) is 2.28.